The van der Waals surface area contributed by atoms with Crippen molar-refractivity contribution in [3.8, 4) is 0 Å². The van der Waals surface area contributed by atoms with E-state index in [9.17, 15) is 4.79 Å². The lowest BCUT2D eigenvalue weighted by Crippen LogP contribution is -2.36. The standard InChI is InChI=1S/C14H28N2O/c1-4-14(17)6-5-9-16(3)12-13-7-10-15(2)11-8-13/h13H,4-12H2,1-3H3. The summed E-state index contributed by atoms with van der Waals surface area (Å²) >= 11 is 0. The van der Waals surface area contributed by atoms with Crippen molar-refractivity contribution in [2.24, 2.45) is 5.92 Å². The fourth-order valence-electron chi connectivity index (χ4n) is 2.50. The van der Waals surface area contributed by atoms with E-state index < -0.39 is 0 Å². The molecule has 1 fully saturated rings. The highest BCUT2D eigenvalue weighted by atomic mass is 16.1. The van der Waals surface area contributed by atoms with Crippen LogP contribution in [-0.4, -0.2) is 55.9 Å². The monoisotopic (exact) mass is 240 g/mol. The molecule has 100 valence electrons. The highest BCUT2D eigenvalue weighted by Gasteiger charge is 2.17. The maximum absolute atomic E-state index is 11.2. The molecule has 0 bridgehead atoms. The highest BCUT2D eigenvalue weighted by Crippen LogP contribution is 2.16. The number of carbonyl (C=O) groups is 1. The first kappa shape index (κ1) is 14.7. The minimum absolute atomic E-state index is 0.401. The second kappa shape index (κ2) is 7.83. The van der Waals surface area contributed by atoms with Gasteiger partial charge in [-0.15, -0.1) is 0 Å². The molecule has 3 heteroatoms. The number of carbonyl (C=O) groups excluding carboxylic acids is 1. The number of hydrogen-bond donors (Lipinski definition) is 0. The van der Waals surface area contributed by atoms with Gasteiger partial charge in [-0.05, 0) is 58.9 Å². The largest absolute Gasteiger partial charge is 0.306 e. The number of nitrogens with zero attached hydrogens (tertiary/aromatic N) is 2. The van der Waals surface area contributed by atoms with Crippen LogP contribution in [0, 0.1) is 5.92 Å². The second-order valence-electron chi connectivity index (χ2n) is 5.50. The highest BCUT2D eigenvalue weighted by molar-refractivity contribution is 5.77. The molecular weight excluding hydrogens is 212 g/mol. The van der Waals surface area contributed by atoms with Gasteiger partial charge in [0, 0.05) is 19.4 Å². The van der Waals surface area contributed by atoms with E-state index in [4.69, 9.17) is 0 Å². The molecule has 1 aliphatic heterocycles. The number of piperidine rings is 1. The van der Waals surface area contributed by atoms with Crippen LogP contribution < -0.4 is 0 Å². The Morgan fingerprint density at radius 2 is 2.00 bits per heavy atom. The predicted octanol–water partition coefficient (Wildman–Crippen LogP) is 2.02. The number of hydrogen-bond acceptors (Lipinski definition) is 3. The van der Waals surface area contributed by atoms with E-state index >= 15 is 0 Å². The average Bonchev–Trinajstić information content (AvgIpc) is 2.32. The first-order valence-electron chi connectivity index (χ1n) is 7.00. The Kier molecular flexibility index (Phi) is 6.75. The average molecular weight is 240 g/mol. The third-order valence-electron chi connectivity index (χ3n) is 3.80. The summed E-state index contributed by atoms with van der Waals surface area (Å²) in [5.41, 5.74) is 0. The van der Waals surface area contributed by atoms with E-state index in [1.807, 2.05) is 6.92 Å². The van der Waals surface area contributed by atoms with Gasteiger partial charge in [0.05, 0.1) is 0 Å². The van der Waals surface area contributed by atoms with Gasteiger partial charge in [0.1, 0.15) is 5.78 Å². The zero-order valence-corrected chi connectivity index (χ0v) is 11.7. The molecule has 0 aromatic rings. The number of likely N-dealkylation sites (tertiary alicyclic amines) is 1. The molecule has 0 aliphatic carbocycles. The van der Waals surface area contributed by atoms with E-state index in [-0.39, 0.29) is 0 Å². The minimum atomic E-state index is 0.401. The topological polar surface area (TPSA) is 23.6 Å². The van der Waals surface area contributed by atoms with Crippen LogP contribution in [0.1, 0.15) is 39.0 Å². The Balaban J connectivity index is 2.08. The summed E-state index contributed by atoms with van der Waals surface area (Å²) in [6, 6.07) is 0. The van der Waals surface area contributed by atoms with Crippen LogP contribution in [0.15, 0.2) is 0 Å². The SMILES string of the molecule is CCC(=O)CCCN(C)CC1CCN(C)CC1. The molecular formula is C14H28N2O. The van der Waals surface area contributed by atoms with Crippen LogP contribution in [-0.2, 0) is 4.79 Å². The molecule has 0 N–H and O–H groups in total. The maximum Gasteiger partial charge on any atom is 0.132 e. The van der Waals surface area contributed by atoms with E-state index in [1.54, 1.807) is 0 Å². The van der Waals surface area contributed by atoms with Crippen molar-refractivity contribution in [2.45, 2.75) is 39.0 Å². The summed E-state index contributed by atoms with van der Waals surface area (Å²) in [6.07, 6.45) is 5.13. The predicted molar refractivity (Wildman–Crippen MR) is 72.3 cm³/mol. The maximum atomic E-state index is 11.2. The first-order valence-corrected chi connectivity index (χ1v) is 7.00. The summed E-state index contributed by atoms with van der Waals surface area (Å²) in [5, 5.41) is 0. The summed E-state index contributed by atoms with van der Waals surface area (Å²) in [5.74, 6) is 1.26. The number of ketones is 1. The van der Waals surface area contributed by atoms with Gasteiger partial charge in [0.25, 0.3) is 0 Å². The smallest absolute Gasteiger partial charge is 0.132 e. The molecule has 0 unspecified atom stereocenters. The molecule has 1 aliphatic rings. The van der Waals surface area contributed by atoms with Gasteiger partial charge in [-0.2, -0.15) is 0 Å². The van der Waals surface area contributed by atoms with Crippen LogP contribution in [0.5, 0.6) is 0 Å². The zero-order valence-electron chi connectivity index (χ0n) is 11.7. The van der Waals surface area contributed by atoms with Crippen LogP contribution in [0.4, 0.5) is 0 Å². The summed E-state index contributed by atoms with van der Waals surface area (Å²) in [6.45, 7) is 6.70. The van der Waals surface area contributed by atoms with E-state index in [2.05, 4.69) is 23.9 Å². The van der Waals surface area contributed by atoms with Crippen molar-refractivity contribution < 1.29 is 4.79 Å². The molecule has 0 spiro atoms. The lowest BCUT2D eigenvalue weighted by atomic mass is 9.96. The molecule has 0 radical (unpaired) electrons. The zero-order chi connectivity index (χ0) is 12.7. The van der Waals surface area contributed by atoms with Gasteiger partial charge in [0.2, 0.25) is 0 Å². The molecule has 1 rings (SSSR count). The molecule has 1 heterocycles. The van der Waals surface area contributed by atoms with Gasteiger partial charge in [-0.3, -0.25) is 4.79 Å². The lowest BCUT2D eigenvalue weighted by Gasteiger charge is -2.31. The molecule has 0 saturated carbocycles. The summed E-state index contributed by atoms with van der Waals surface area (Å²) < 4.78 is 0. The fourth-order valence-corrected chi connectivity index (χ4v) is 2.50. The first-order chi connectivity index (χ1) is 8.11. The third-order valence-corrected chi connectivity index (χ3v) is 3.80. The van der Waals surface area contributed by atoms with E-state index in [0.29, 0.717) is 12.2 Å². The molecule has 3 nitrogen and oxygen atoms in total. The normalized spacial score (nSPS) is 18.8. The van der Waals surface area contributed by atoms with Gasteiger partial charge < -0.3 is 9.80 Å². The third kappa shape index (κ3) is 6.18. The Bertz CT molecular complexity index is 222. The van der Waals surface area contributed by atoms with Crippen LogP contribution in [0.2, 0.25) is 0 Å². The van der Waals surface area contributed by atoms with Crippen molar-refractivity contribution in [1.82, 2.24) is 9.80 Å². The number of rotatable bonds is 7. The van der Waals surface area contributed by atoms with Crippen LogP contribution in [0.25, 0.3) is 0 Å². The Morgan fingerprint density at radius 1 is 1.35 bits per heavy atom. The quantitative estimate of drug-likeness (QED) is 0.680. The Hall–Kier alpha value is -0.410. The molecule has 0 aromatic carbocycles. The Labute approximate surface area is 106 Å². The molecule has 1 saturated heterocycles. The van der Waals surface area contributed by atoms with Crippen LogP contribution >= 0.6 is 0 Å². The summed E-state index contributed by atoms with van der Waals surface area (Å²) in [4.78, 5) is 16.0. The van der Waals surface area contributed by atoms with Crippen molar-refractivity contribution in [3.63, 3.8) is 0 Å². The van der Waals surface area contributed by atoms with Gasteiger partial charge in [0.15, 0.2) is 0 Å². The molecule has 0 aromatic heterocycles. The lowest BCUT2D eigenvalue weighted by molar-refractivity contribution is -0.118. The van der Waals surface area contributed by atoms with Crippen molar-refractivity contribution in [3.05, 3.63) is 0 Å². The van der Waals surface area contributed by atoms with Gasteiger partial charge in [-0.25, -0.2) is 0 Å². The van der Waals surface area contributed by atoms with E-state index in [0.717, 1.165) is 25.3 Å². The Morgan fingerprint density at radius 3 is 2.59 bits per heavy atom. The number of Topliss-reactive ketones (excluding diaryl/α,β-unsaturated/α-hetero) is 1. The van der Waals surface area contributed by atoms with Gasteiger partial charge in [-0.1, -0.05) is 6.92 Å². The molecule has 0 atom stereocenters. The minimum Gasteiger partial charge on any atom is -0.306 e. The van der Waals surface area contributed by atoms with Crippen molar-refractivity contribution in [2.75, 3.05) is 40.3 Å². The van der Waals surface area contributed by atoms with E-state index in [1.165, 1.54) is 32.5 Å². The van der Waals surface area contributed by atoms with Crippen molar-refractivity contribution in [1.29, 1.82) is 0 Å². The molecule has 0 amide bonds. The summed E-state index contributed by atoms with van der Waals surface area (Å²) in [7, 11) is 4.39. The molecule has 17 heavy (non-hydrogen) atoms. The fraction of sp³-hybridized carbons (Fsp3) is 0.929. The van der Waals surface area contributed by atoms with Crippen LogP contribution in [0.3, 0.4) is 0 Å². The van der Waals surface area contributed by atoms with Gasteiger partial charge >= 0.3 is 0 Å². The van der Waals surface area contributed by atoms with Crippen molar-refractivity contribution >= 4 is 5.78 Å². The second-order valence-corrected chi connectivity index (χ2v) is 5.50.